The number of carbonyl (C=O) groups excluding carboxylic acids is 2. The summed E-state index contributed by atoms with van der Waals surface area (Å²) in [4.78, 5) is 31.7. The van der Waals surface area contributed by atoms with E-state index < -0.39 is 5.97 Å². The molecule has 2 rings (SSSR count). The zero-order chi connectivity index (χ0) is 16.3. The third kappa shape index (κ3) is 3.57. The van der Waals surface area contributed by atoms with Gasteiger partial charge in [0.2, 0.25) is 0 Å². The highest BCUT2D eigenvalue weighted by Crippen LogP contribution is 2.06. The molecule has 8 nitrogen and oxygen atoms in total. The van der Waals surface area contributed by atoms with Crippen LogP contribution in [0.4, 0.5) is 0 Å². The average molecular weight is 305 g/mol. The second-order valence-corrected chi connectivity index (χ2v) is 5.14. The fraction of sp³-hybridized carbons (Fsp3) is 0.500. The second kappa shape index (κ2) is 6.50. The molecule has 2 heterocycles. The van der Waals surface area contributed by atoms with Crippen LogP contribution in [0.1, 0.15) is 42.3 Å². The molecule has 0 saturated heterocycles. The van der Waals surface area contributed by atoms with Crippen LogP contribution in [-0.4, -0.2) is 44.1 Å². The van der Waals surface area contributed by atoms with Gasteiger partial charge in [-0.05, 0) is 33.3 Å². The van der Waals surface area contributed by atoms with Gasteiger partial charge in [-0.2, -0.15) is 4.98 Å². The summed E-state index contributed by atoms with van der Waals surface area (Å²) in [7, 11) is 0. The van der Waals surface area contributed by atoms with Crippen LogP contribution >= 0.6 is 0 Å². The summed E-state index contributed by atoms with van der Waals surface area (Å²) in [6.07, 6.45) is 0.804. The van der Waals surface area contributed by atoms with Crippen LogP contribution in [0.3, 0.4) is 0 Å². The van der Waals surface area contributed by atoms with Crippen molar-refractivity contribution in [2.45, 2.75) is 40.2 Å². The highest BCUT2D eigenvalue weighted by molar-refractivity contribution is 5.88. The van der Waals surface area contributed by atoms with Crippen molar-refractivity contribution in [1.29, 1.82) is 0 Å². The van der Waals surface area contributed by atoms with E-state index in [0.29, 0.717) is 5.78 Å². The molecule has 0 fully saturated rings. The molecule has 1 N–H and O–H groups in total. The van der Waals surface area contributed by atoms with Crippen LogP contribution in [-0.2, 0) is 9.53 Å². The quantitative estimate of drug-likeness (QED) is 0.821. The number of hydrogen-bond donors (Lipinski definition) is 1. The summed E-state index contributed by atoms with van der Waals surface area (Å²) in [5, 5.41) is 6.75. The van der Waals surface area contributed by atoms with E-state index in [0.717, 1.165) is 17.8 Å². The van der Waals surface area contributed by atoms with Crippen LogP contribution in [0.5, 0.6) is 0 Å². The second-order valence-electron chi connectivity index (χ2n) is 5.14. The van der Waals surface area contributed by atoms with Gasteiger partial charge in [0.1, 0.15) is 0 Å². The number of nitrogens with zero attached hydrogens (tertiary/aromatic N) is 4. The summed E-state index contributed by atoms with van der Waals surface area (Å²) in [6, 6.07) is 1.87. The third-order valence-corrected chi connectivity index (χ3v) is 3.15. The number of amides is 1. The number of esters is 1. The van der Waals surface area contributed by atoms with Crippen LogP contribution in [0.15, 0.2) is 6.07 Å². The molecule has 8 heteroatoms. The molecule has 0 aromatic carbocycles. The summed E-state index contributed by atoms with van der Waals surface area (Å²) in [5.74, 6) is -0.885. The molecule has 0 aliphatic heterocycles. The highest BCUT2D eigenvalue weighted by Gasteiger charge is 2.18. The van der Waals surface area contributed by atoms with Crippen LogP contribution in [0.25, 0.3) is 5.78 Å². The lowest BCUT2D eigenvalue weighted by Gasteiger charge is -2.10. The highest BCUT2D eigenvalue weighted by atomic mass is 16.5. The Hall–Kier alpha value is -2.51. The van der Waals surface area contributed by atoms with Crippen molar-refractivity contribution < 1.29 is 14.3 Å². The lowest BCUT2D eigenvalue weighted by molar-refractivity contribution is -0.124. The first kappa shape index (κ1) is 15.9. The molecule has 0 spiro atoms. The van der Waals surface area contributed by atoms with E-state index in [9.17, 15) is 9.59 Å². The van der Waals surface area contributed by atoms with Gasteiger partial charge in [-0.1, -0.05) is 6.92 Å². The van der Waals surface area contributed by atoms with Gasteiger partial charge in [0, 0.05) is 17.4 Å². The van der Waals surface area contributed by atoms with Gasteiger partial charge < -0.3 is 10.1 Å². The predicted octanol–water partition coefficient (Wildman–Crippen LogP) is 0.813. The van der Waals surface area contributed by atoms with E-state index in [2.05, 4.69) is 20.4 Å². The van der Waals surface area contributed by atoms with Crippen molar-refractivity contribution in [3.05, 3.63) is 23.3 Å². The Kier molecular flexibility index (Phi) is 4.69. The van der Waals surface area contributed by atoms with Crippen molar-refractivity contribution in [3.8, 4) is 0 Å². The van der Waals surface area contributed by atoms with Gasteiger partial charge in [0.25, 0.3) is 17.5 Å². The number of nitrogens with one attached hydrogen (secondary N) is 1. The normalized spacial score (nSPS) is 12.2. The smallest absolute Gasteiger partial charge is 0.378 e. The first-order valence-electron chi connectivity index (χ1n) is 7.08. The van der Waals surface area contributed by atoms with Crippen molar-refractivity contribution >= 4 is 17.7 Å². The Balaban J connectivity index is 2.04. The first-order chi connectivity index (χ1) is 10.4. The fourth-order valence-electron chi connectivity index (χ4n) is 1.87. The topological polar surface area (TPSA) is 98.5 Å². The Labute approximate surface area is 127 Å². The molecule has 2 aromatic heterocycles. The van der Waals surface area contributed by atoms with Gasteiger partial charge in [0.15, 0.2) is 6.61 Å². The lowest BCUT2D eigenvalue weighted by Crippen LogP contribution is -2.35. The summed E-state index contributed by atoms with van der Waals surface area (Å²) < 4.78 is 6.38. The van der Waals surface area contributed by atoms with Gasteiger partial charge >= 0.3 is 5.97 Å². The van der Waals surface area contributed by atoms with Crippen LogP contribution in [0, 0.1) is 13.8 Å². The van der Waals surface area contributed by atoms with Crippen molar-refractivity contribution in [2.75, 3.05) is 6.61 Å². The first-order valence-corrected chi connectivity index (χ1v) is 7.08. The van der Waals surface area contributed by atoms with Crippen LogP contribution < -0.4 is 5.32 Å². The largest absolute Gasteiger partial charge is 0.450 e. The number of rotatable bonds is 5. The maximum atomic E-state index is 11.9. The van der Waals surface area contributed by atoms with Crippen molar-refractivity contribution in [2.24, 2.45) is 0 Å². The fourth-order valence-corrected chi connectivity index (χ4v) is 1.87. The van der Waals surface area contributed by atoms with E-state index in [4.69, 9.17) is 4.74 Å². The van der Waals surface area contributed by atoms with Gasteiger partial charge in [0.05, 0.1) is 0 Å². The zero-order valence-corrected chi connectivity index (χ0v) is 13.1. The van der Waals surface area contributed by atoms with Crippen LogP contribution in [0.2, 0.25) is 0 Å². The third-order valence-electron chi connectivity index (χ3n) is 3.15. The van der Waals surface area contributed by atoms with Crippen molar-refractivity contribution in [1.82, 2.24) is 24.9 Å². The number of hydrogen-bond acceptors (Lipinski definition) is 6. The molecule has 2 aromatic rings. The molecule has 22 heavy (non-hydrogen) atoms. The molecule has 0 bridgehead atoms. The maximum Gasteiger partial charge on any atom is 0.378 e. The van der Waals surface area contributed by atoms with Crippen molar-refractivity contribution in [3.63, 3.8) is 0 Å². The lowest BCUT2D eigenvalue weighted by atomic mass is 10.2. The Morgan fingerprint density at radius 3 is 2.77 bits per heavy atom. The summed E-state index contributed by atoms with van der Waals surface area (Å²) >= 11 is 0. The molecule has 0 aliphatic carbocycles. The average Bonchev–Trinajstić information content (AvgIpc) is 2.88. The molecule has 1 atom stereocenters. The van der Waals surface area contributed by atoms with E-state index >= 15 is 0 Å². The molecule has 0 saturated carbocycles. The Bertz CT molecular complexity index is 710. The van der Waals surface area contributed by atoms with E-state index in [1.165, 1.54) is 4.52 Å². The molecule has 0 radical (unpaired) electrons. The molecule has 1 amide bonds. The molecular formula is C14H19N5O3. The summed E-state index contributed by atoms with van der Waals surface area (Å²) in [5.41, 5.74) is 1.59. The number of fused-ring (bicyclic) bond motifs is 1. The minimum Gasteiger partial charge on any atom is -0.450 e. The number of aryl methyl sites for hydroxylation is 2. The molecule has 0 unspecified atom stereocenters. The Morgan fingerprint density at radius 2 is 2.09 bits per heavy atom. The molecular weight excluding hydrogens is 286 g/mol. The number of ether oxygens (including phenoxy) is 1. The maximum absolute atomic E-state index is 11.9. The Morgan fingerprint density at radius 1 is 1.36 bits per heavy atom. The van der Waals surface area contributed by atoms with E-state index in [1.807, 2.05) is 33.8 Å². The minimum absolute atomic E-state index is 0.0364. The predicted molar refractivity (Wildman–Crippen MR) is 78.4 cm³/mol. The van der Waals surface area contributed by atoms with Gasteiger partial charge in [-0.25, -0.2) is 14.3 Å². The number of aromatic nitrogens is 4. The number of carbonyl (C=O) groups is 2. The van der Waals surface area contributed by atoms with E-state index in [-0.39, 0.29) is 24.4 Å². The molecule has 0 aliphatic rings. The SMILES string of the molecule is CC[C@H](C)NC(=O)COC(=O)c1nc2nc(C)cc(C)n2n1. The van der Waals surface area contributed by atoms with Gasteiger partial charge in [-0.15, -0.1) is 5.10 Å². The molecule has 118 valence electrons. The monoisotopic (exact) mass is 305 g/mol. The minimum atomic E-state index is -0.748. The zero-order valence-electron chi connectivity index (χ0n) is 13.1. The summed E-state index contributed by atoms with van der Waals surface area (Å²) in [6.45, 7) is 7.14. The van der Waals surface area contributed by atoms with E-state index in [1.54, 1.807) is 0 Å². The van der Waals surface area contributed by atoms with Gasteiger partial charge in [-0.3, -0.25) is 4.79 Å². The standard InChI is InChI=1S/C14H19N5O3/c1-5-8(2)15-11(20)7-22-13(21)12-17-14-16-9(3)6-10(4)19(14)18-12/h6,8H,5,7H2,1-4H3,(H,15,20)/t8-/m0/s1.